The molecule has 218 valence electrons. The van der Waals surface area contributed by atoms with Crippen LogP contribution in [0.15, 0.2) is 64.2 Å². The molecule has 43 heavy (non-hydrogen) atoms. The Morgan fingerprint density at radius 1 is 1.00 bits per heavy atom. The van der Waals surface area contributed by atoms with E-state index in [-0.39, 0.29) is 36.5 Å². The van der Waals surface area contributed by atoms with Crippen LogP contribution >= 0.6 is 11.6 Å². The topological polar surface area (TPSA) is 144 Å². The summed E-state index contributed by atoms with van der Waals surface area (Å²) in [5.41, 5.74) is 1.66. The molecule has 4 aromatic rings. The standard InChI is InChI=1S/C32H27ClN4O6/c1-32(2,3)43-31(42)37-26(15-28(40)35-37)19-6-4-18(5-7-19)12-22(38)17-36-25-10-11-27(39)30(25)24(14-29(36)41)23-13-21(33)9-8-20(23)16-34/h4-9,13-15H,10-12,17H2,1-3H3,(H,35,40). The Morgan fingerprint density at radius 3 is 2.40 bits per heavy atom. The van der Waals surface area contributed by atoms with E-state index in [1.165, 1.54) is 22.8 Å². The lowest BCUT2D eigenvalue weighted by atomic mass is 9.95. The van der Waals surface area contributed by atoms with Gasteiger partial charge in [0, 0.05) is 57.9 Å². The molecule has 1 N–H and O–H groups in total. The molecule has 0 saturated heterocycles. The molecule has 0 fully saturated rings. The zero-order valence-corrected chi connectivity index (χ0v) is 24.4. The number of ketones is 2. The van der Waals surface area contributed by atoms with Gasteiger partial charge in [0.05, 0.1) is 23.9 Å². The summed E-state index contributed by atoms with van der Waals surface area (Å²) in [7, 11) is 0. The molecule has 2 aromatic heterocycles. The summed E-state index contributed by atoms with van der Waals surface area (Å²) >= 11 is 6.16. The number of Topliss-reactive ketones (excluding diaryl/α,β-unsaturated/α-hetero) is 2. The fourth-order valence-electron chi connectivity index (χ4n) is 5.16. The zero-order valence-electron chi connectivity index (χ0n) is 23.7. The molecule has 0 spiro atoms. The van der Waals surface area contributed by atoms with Crippen molar-refractivity contribution in [1.82, 2.24) is 14.3 Å². The molecule has 0 atom stereocenters. The van der Waals surface area contributed by atoms with Crippen molar-refractivity contribution in [2.75, 3.05) is 0 Å². The van der Waals surface area contributed by atoms with Gasteiger partial charge < -0.3 is 9.30 Å². The van der Waals surface area contributed by atoms with Crippen LogP contribution in [0.25, 0.3) is 22.4 Å². The van der Waals surface area contributed by atoms with E-state index >= 15 is 0 Å². The third kappa shape index (κ3) is 6.12. The van der Waals surface area contributed by atoms with Crippen molar-refractivity contribution in [3.05, 3.63) is 103 Å². The number of carbonyl (C=O) groups is 3. The maximum absolute atomic E-state index is 13.2. The van der Waals surface area contributed by atoms with Gasteiger partial charge in [-0.2, -0.15) is 9.94 Å². The van der Waals surface area contributed by atoms with E-state index in [1.807, 2.05) is 0 Å². The van der Waals surface area contributed by atoms with Crippen molar-refractivity contribution >= 4 is 29.3 Å². The average molecular weight is 599 g/mol. The zero-order chi connectivity index (χ0) is 31.1. The van der Waals surface area contributed by atoms with E-state index in [2.05, 4.69) is 11.2 Å². The summed E-state index contributed by atoms with van der Waals surface area (Å²) in [4.78, 5) is 63.9. The minimum Gasteiger partial charge on any atom is -0.442 e. The maximum atomic E-state index is 13.2. The highest BCUT2D eigenvalue weighted by Crippen LogP contribution is 2.34. The number of carbonyl (C=O) groups excluding carboxylic acids is 3. The number of nitrogens with one attached hydrogen (secondary N) is 1. The van der Waals surface area contributed by atoms with E-state index in [0.717, 1.165) is 4.68 Å². The highest BCUT2D eigenvalue weighted by atomic mass is 35.5. The van der Waals surface area contributed by atoms with Gasteiger partial charge in [-0.25, -0.2) is 4.79 Å². The molecule has 2 aromatic carbocycles. The van der Waals surface area contributed by atoms with Crippen LogP contribution in [0, 0.1) is 11.3 Å². The van der Waals surface area contributed by atoms with Crippen molar-refractivity contribution in [1.29, 1.82) is 5.26 Å². The quantitative estimate of drug-likeness (QED) is 0.332. The number of aromatic nitrogens is 3. The first-order valence-electron chi connectivity index (χ1n) is 13.5. The lowest BCUT2D eigenvalue weighted by molar-refractivity contribution is -0.119. The largest absolute Gasteiger partial charge is 0.442 e. The molecular weight excluding hydrogens is 572 g/mol. The van der Waals surface area contributed by atoms with Crippen molar-refractivity contribution in [2.45, 2.75) is 52.2 Å². The second-order valence-corrected chi connectivity index (χ2v) is 11.7. The molecule has 1 aliphatic carbocycles. The van der Waals surface area contributed by atoms with Gasteiger partial charge in [-0.3, -0.25) is 24.3 Å². The van der Waals surface area contributed by atoms with Crippen LogP contribution in [0.1, 0.15) is 54.4 Å². The normalized spacial score (nSPS) is 12.6. The number of rotatable bonds is 6. The number of pyridine rings is 1. The number of hydrogen-bond acceptors (Lipinski definition) is 7. The molecule has 0 bridgehead atoms. The third-order valence-electron chi connectivity index (χ3n) is 6.97. The van der Waals surface area contributed by atoms with Gasteiger partial charge in [-0.1, -0.05) is 35.9 Å². The number of aromatic amines is 1. The minimum atomic E-state index is -0.760. The SMILES string of the molecule is CC(C)(C)OC(=O)n1[nH]c(=O)cc1-c1ccc(CC(=O)Cn2c3c(c(-c4cc(Cl)ccc4C#N)cc2=O)C(=O)CC3)cc1. The van der Waals surface area contributed by atoms with Crippen LogP contribution in [-0.4, -0.2) is 37.6 Å². The van der Waals surface area contributed by atoms with Crippen LogP contribution in [0.2, 0.25) is 5.02 Å². The van der Waals surface area contributed by atoms with Crippen molar-refractivity contribution in [3.63, 3.8) is 0 Å². The van der Waals surface area contributed by atoms with E-state index in [0.29, 0.717) is 50.6 Å². The molecule has 0 amide bonds. The second kappa shape index (κ2) is 11.3. The Labute approximate surface area is 251 Å². The first kappa shape index (κ1) is 29.5. The van der Waals surface area contributed by atoms with Crippen molar-refractivity contribution in [2.24, 2.45) is 0 Å². The predicted molar refractivity (Wildman–Crippen MR) is 159 cm³/mol. The number of fused-ring (bicyclic) bond motifs is 1. The van der Waals surface area contributed by atoms with Crippen LogP contribution < -0.4 is 11.1 Å². The lowest BCUT2D eigenvalue weighted by Crippen LogP contribution is -2.28. The minimum absolute atomic E-state index is 0.00999. The summed E-state index contributed by atoms with van der Waals surface area (Å²) in [5, 5.41) is 12.4. The molecule has 0 saturated carbocycles. The first-order valence-corrected chi connectivity index (χ1v) is 13.9. The summed E-state index contributed by atoms with van der Waals surface area (Å²) in [5.74, 6) is -0.419. The highest BCUT2D eigenvalue weighted by Gasteiger charge is 2.29. The van der Waals surface area contributed by atoms with E-state index in [1.54, 1.807) is 57.2 Å². The smallest absolute Gasteiger partial charge is 0.434 e. The Bertz CT molecular complexity index is 1950. The number of nitrogens with zero attached hydrogens (tertiary/aromatic N) is 3. The molecule has 1 aliphatic rings. The van der Waals surface area contributed by atoms with Gasteiger partial charge in [0.15, 0.2) is 11.6 Å². The number of nitriles is 1. The number of halogens is 1. The van der Waals surface area contributed by atoms with Gasteiger partial charge in [-0.15, -0.1) is 0 Å². The molecule has 5 rings (SSSR count). The van der Waals surface area contributed by atoms with Crippen LogP contribution in [0.5, 0.6) is 0 Å². The molecule has 2 heterocycles. The Morgan fingerprint density at radius 2 is 1.72 bits per heavy atom. The van der Waals surface area contributed by atoms with Gasteiger partial charge in [-0.05, 0) is 51.0 Å². The molecule has 11 heteroatoms. The molecule has 0 aliphatic heterocycles. The number of hydrogen-bond donors (Lipinski definition) is 1. The lowest BCUT2D eigenvalue weighted by Gasteiger charge is -2.20. The van der Waals surface area contributed by atoms with Gasteiger partial charge in [0.2, 0.25) is 0 Å². The average Bonchev–Trinajstić information content (AvgIpc) is 3.52. The molecular formula is C32H27ClN4O6. The Kier molecular flexibility index (Phi) is 7.78. The van der Waals surface area contributed by atoms with E-state index in [4.69, 9.17) is 16.3 Å². The summed E-state index contributed by atoms with van der Waals surface area (Å²) in [6, 6.07) is 16.1. The Hall–Kier alpha value is -5.01. The summed E-state index contributed by atoms with van der Waals surface area (Å²) in [6.45, 7) is 4.93. The van der Waals surface area contributed by atoms with Gasteiger partial charge in [0.25, 0.3) is 11.1 Å². The number of ether oxygens (including phenoxy) is 1. The first-order chi connectivity index (χ1) is 20.3. The fraction of sp³-hybridized carbons (Fsp3) is 0.250. The van der Waals surface area contributed by atoms with E-state index in [9.17, 15) is 29.2 Å². The van der Waals surface area contributed by atoms with Gasteiger partial charge in [0.1, 0.15) is 5.60 Å². The van der Waals surface area contributed by atoms with Crippen LogP contribution in [-0.2, 0) is 28.9 Å². The second-order valence-electron chi connectivity index (χ2n) is 11.3. The van der Waals surface area contributed by atoms with Crippen LogP contribution in [0.4, 0.5) is 4.79 Å². The van der Waals surface area contributed by atoms with Gasteiger partial charge >= 0.3 is 6.09 Å². The number of H-pyrrole nitrogens is 1. The van der Waals surface area contributed by atoms with Crippen molar-refractivity contribution in [3.8, 4) is 28.5 Å². The highest BCUT2D eigenvalue weighted by molar-refractivity contribution is 6.31. The Balaban J connectivity index is 1.39. The molecule has 10 nitrogen and oxygen atoms in total. The molecule has 0 unspecified atom stereocenters. The third-order valence-corrected chi connectivity index (χ3v) is 7.20. The number of benzene rings is 2. The monoisotopic (exact) mass is 598 g/mol. The van der Waals surface area contributed by atoms with Crippen molar-refractivity contribution < 1.29 is 19.1 Å². The summed E-state index contributed by atoms with van der Waals surface area (Å²) < 4.78 is 7.74. The van der Waals surface area contributed by atoms with Crippen LogP contribution in [0.3, 0.4) is 0 Å². The fourth-order valence-corrected chi connectivity index (χ4v) is 5.33. The molecule has 0 radical (unpaired) electrons. The summed E-state index contributed by atoms with van der Waals surface area (Å²) in [6.07, 6.45) is -0.226. The van der Waals surface area contributed by atoms with E-state index < -0.39 is 22.8 Å². The predicted octanol–water partition coefficient (Wildman–Crippen LogP) is 4.92. The maximum Gasteiger partial charge on any atom is 0.434 e.